The number of nitrogens with two attached hydrogens (primary N) is 1. The SMILES string of the molecule is CCC(C(N)=S)S(=O)(=O)NCC1(CC)CC1. The van der Waals surface area contributed by atoms with Crippen molar-refractivity contribution in [2.24, 2.45) is 11.1 Å². The molecule has 1 saturated carbocycles. The zero-order valence-corrected chi connectivity index (χ0v) is 11.5. The van der Waals surface area contributed by atoms with Gasteiger partial charge in [-0.05, 0) is 31.1 Å². The van der Waals surface area contributed by atoms with E-state index in [0.29, 0.717) is 13.0 Å². The minimum Gasteiger partial charge on any atom is -0.392 e. The Morgan fingerprint density at radius 2 is 2.06 bits per heavy atom. The smallest absolute Gasteiger partial charge is 0.221 e. The molecule has 0 spiro atoms. The standard InChI is InChI=1S/C10H20N2O2S2/c1-3-8(9(11)15)16(13,14)12-7-10(4-2)5-6-10/h8,12H,3-7H2,1-2H3,(H2,11,15). The van der Waals surface area contributed by atoms with Crippen LogP contribution in [0.4, 0.5) is 0 Å². The summed E-state index contributed by atoms with van der Waals surface area (Å²) in [4.78, 5) is 0.0522. The van der Waals surface area contributed by atoms with Gasteiger partial charge in [-0.1, -0.05) is 26.1 Å². The number of rotatable bonds is 7. The van der Waals surface area contributed by atoms with E-state index in [1.54, 1.807) is 6.92 Å². The highest BCUT2D eigenvalue weighted by Gasteiger charge is 2.42. The van der Waals surface area contributed by atoms with Gasteiger partial charge in [-0.15, -0.1) is 0 Å². The van der Waals surface area contributed by atoms with Crippen molar-refractivity contribution < 1.29 is 8.42 Å². The summed E-state index contributed by atoms with van der Waals surface area (Å²) in [5, 5.41) is -0.741. The molecule has 1 rings (SSSR count). The van der Waals surface area contributed by atoms with Crippen LogP contribution in [-0.2, 0) is 10.0 Å². The van der Waals surface area contributed by atoms with Gasteiger partial charge in [0.05, 0.1) is 4.99 Å². The van der Waals surface area contributed by atoms with Crippen molar-refractivity contribution in [2.45, 2.75) is 44.8 Å². The topological polar surface area (TPSA) is 72.2 Å². The van der Waals surface area contributed by atoms with E-state index in [2.05, 4.69) is 11.6 Å². The molecule has 0 radical (unpaired) electrons. The Hall–Kier alpha value is -0.200. The van der Waals surface area contributed by atoms with Crippen LogP contribution >= 0.6 is 12.2 Å². The molecule has 0 heterocycles. The fourth-order valence-corrected chi connectivity index (χ4v) is 3.76. The Bertz CT molecular complexity index is 361. The Morgan fingerprint density at radius 1 is 1.50 bits per heavy atom. The summed E-state index contributed by atoms with van der Waals surface area (Å²) >= 11 is 4.77. The first-order chi connectivity index (χ1) is 7.37. The van der Waals surface area contributed by atoms with Gasteiger partial charge in [0.25, 0.3) is 0 Å². The molecule has 0 bridgehead atoms. The summed E-state index contributed by atoms with van der Waals surface area (Å²) < 4.78 is 26.5. The van der Waals surface area contributed by atoms with Crippen molar-refractivity contribution in [1.82, 2.24) is 4.72 Å². The molecule has 1 aliphatic rings. The first-order valence-electron chi connectivity index (χ1n) is 5.64. The van der Waals surface area contributed by atoms with Crippen LogP contribution in [0, 0.1) is 5.41 Å². The average molecular weight is 264 g/mol. The van der Waals surface area contributed by atoms with Crippen LogP contribution < -0.4 is 10.5 Å². The molecule has 1 atom stereocenters. The quantitative estimate of drug-likeness (QED) is 0.677. The largest absolute Gasteiger partial charge is 0.392 e. The number of thiocarbonyl (C=S) groups is 1. The lowest BCUT2D eigenvalue weighted by atomic mass is 10.1. The summed E-state index contributed by atoms with van der Waals surface area (Å²) in [5.41, 5.74) is 5.63. The Balaban J connectivity index is 2.61. The van der Waals surface area contributed by atoms with Crippen molar-refractivity contribution in [1.29, 1.82) is 0 Å². The normalized spacial score (nSPS) is 20.4. The third-order valence-electron chi connectivity index (χ3n) is 3.42. The molecule has 0 aromatic heterocycles. The van der Waals surface area contributed by atoms with Crippen molar-refractivity contribution in [2.75, 3.05) is 6.54 Å². The predicted molar refractivity (Wildman–Crippen MR) is 69.7 cm³/mol. The lowest BCUT2D eigenvalue weighted by molar-refractivity contribution is 0.474. The van der Waals surface area contributed by atoms with Crippen molar-refractivity contribution >= 4 is 27.2 Å². The Morgan fingerprint density at radius 3 is 2.38 bits per heavy atom. The molecule has 0 saturated heterocycles. The highest BCUT2D eigenvalue weighted by molar-refractivity contribution is 7.93. The fourth-order valence-electron chi connectivity index (χ4n) is 1.76. The zero-order valence-electron chi connectivity index (χ0n) is 9.82. The van der Waals surface area contributed by atoms with Crippen LogP contribution in [-0.4, -0.2) is 25.2 Å². The molecule has 1 aliphatic carbocycles. The first-order valence-corrected chi connectivity index (χ1v) is 7.60. The maximum Gasteiger partial charge on any atom is 0.221 e. The summed E-state index contributed by atoms with van der Waals surface area (Å²) in [6.07, 6.45) is 3.65. The van der Waals surface area contributed by atoms with Crippen LogP contribution in [0.1, 0.15) is 39.5 Å². The fraction of sp³-hybridized carbons (Fsp3) is 0.900. The molecule has 0 aliphatic heterocycles. The van der Waals surface area contributed by atoms with E-state index in [0.717, 1.165) is 19.3 Å². The van der Waals surface area contributed by atoms with Crippen LogP contribution in [0.15, 0.2) is 0 Å². The minimum atomic E-state index is -3.39. The zero-order chi connectivity index (χ0) is 12.4. The van der Waals surface area contributed by atoms with Crippen molar-refractivity contribution in [3.8, 4) is 0 Å². The second-order valence-electron chi connectivity index (χ2n) is 4.52. The van der Waals surface area contributed by atoms with Gasteiger partial charge in [-0.2, -0.15) is 0 Å². The average Bonchev–Trinajstić information content (AvgIpc) is 2.95. The van der Waals surface area contributed by atoms with Gasteiger partial charge < -0.3 is 5.73 Å². The van der Waals surface area contributed by atoms with Crippen molar-refractivity contribution in [3.05, 3.63) is 0 Å². The van der Waals surface area contributed by atoms with E-state index in [-0.39, 0.29) is 10.4 Å². The highest BCUT2D eigenvalue weighted by atomic mass is 32.2. The highest BCUT2D eigenvalue weighted by Crippen LogP contribution is 2.48. The van der Waals surface area contributed by atoms with Crippen LogP contribution in [0.5, 0.6) is 0 Å². The lowest BCUT2D eigenvalue weighted by Crippen LogP contribution is -2.43. The van der Waals surface area contributed by atoms with Crippen molar-refractivity contribution in [3.63, 3.8) is 0 Å². The molecule has 16 heavy (non-hydrogen) atoms. The second-order valence-corrected chi connectivity index (χ2v) is 6.94. The molecule has 1 unspecified atom stereocenters. The van der Waals surface area contributed by atoms with E-state index >= 15 is 0 Å². The van der Waals surface area contributed by atoms with Crippen LogP contribution in [0.25, 0.3) is 0 Å². The van der Waals surface area contributed by atoms with E-state index in [1.807, 2.05) is 0 Å². The van der Waals surface area contributed by atoms with Crippen LogP contribution in [0.3, 0.4) is 0 Å². The monoisotopic (exact) mass is 264 g/mol. The molecule has 0 aromatic rings. The van der Waals surface area contributed by atoms with Gasteiger partial charge in [0.1, 0.15) is 5.25 Å². The predicted octanol–water partition coefficient (Wildman–Crippen LogP) is 1.16. The van der Waals surface area contributed by atoms with E-state index in [9.17, 15) is 8.42 Å². The van der Waals surface area contributed by atoms with Gasteiger partial charge in [0, 0.05) is 6.54 Å². The van der Waals surface area contributed by atoms with Gasteiger partial charge in [-0.25, -0.2) is 13.1 Å². The summed E-state index contributed by atoms with van der Waals surface area (Å²) in [7, 11) is -3.39. The van der Waals surface area contributed by atoms with Gasteiger partial charge in [0.15, 0.2) is 0 Å². The number of nitrogens with one attached hydrogen (secondary N) is 1. The van der Waals surface area contributed by atoms with Gasteiger partial charge in [-0.3, -0.25) is 0 Å². The maximum atomic E-state index is 11.9. The molecule has 0 amide bonds. The molecular weight excluding hydrogens is 244 g/mol. The van der Waals surface area contributed by atoms with Gasteiger partial charge >= 0.3 is 0 Å². The minimum absolute atomic E-state index is 0.0522. The van der Waals surface area contributed by atoms with Crippen LogP contribution in [0.2, 0.25) is 0 Å². The van der Waals surface area contributed by atoms with E-state index < -0.39 is 15.3 Å². The molecule has 94 valence electrons. The summed E-state index contributed by atoms with van der Waals surface area (Å²) in [5.74, 6) is 0. The molecule has 4 nitrogen and oxygen atoms in total. The van der Waals surface area contributed by atoms with E-state index in [4.69, 9.17) is 18.0 Å². The summed E-state index contributed by atoms with van der Waals surface area (Å²) in [6, 6.07) is 0. The first kappa shape index (κ1) is 13.9. The molecule has 6 heteroatoms. The van der Waals surface area contributed by atoms with E-state index in [1.165, 1.54) is 0 Å². The lowest BCUT2D eigenvalue weighted by Gasteiger charge is -2.18. The number of sulfonamides is 1. The Kier molecular flexibility index (Phi) is 4.31. The number of hydrogen-bond donors (Lipinski definition) is 2. The number of hydrogen-bond acceptors (Lipinski definition) is 3. The molecule has 0 aromatic carbocycles. The Labute approximate surface area is 103 Å². The summed E-state index contributed by atoms with van der Waals surface area (Å²) in [6.45, 7) is 4.38. The molecular formula is C10H20N2O2S2. The molecule has 1 fully saturated rings. The third kappa shape index (κ3) is 3.15. The second kappa shape index (κ2) is 4.98. The third-order valence-corrected chi connectivity index (χ3v) is 5.73. The van der Waals surface area contributed by atoms with Gasteiger partial charge in [0.2, 0.25) is 10.0 Å². The maximum absolute atomic E-state index is 11.9. The molecule has 3 N–H and O–H groups in total.